The van der Waals surface area contributed by atoms with Gasteiger partial charge in [-0.05, 0) is 35.9 Å². The van der Waals surface area contributed by atoms with Crippen molar-refractivity contribution in [3.63, 3.8) is 0 Å². The van der Waals surface area contributed by atoms with Crippen molar-refractivity contribution in [1.82, 2.24) is 25.2 Å². The van der Waals surface area contributed by atoms with E-state index in [1.54, 1.807) is 12.1 Å². The van der Waals surface area contributed by atoms with E-state index in [0.29, 0.717) is 0 Å². The van der Waals surface area contributed by atoms with Gasteiger partial charge < -0.3 is 30.1 Å². The first-order valence-corrected chi connectivity index (χ1v) is 10.3. The second-order valence-corrected chi connectivity index (χ2v) is 7.69. The molecular weight excluding hydrogens is 366 g/mol. The van der Waals surface area contributed by atoms with Crippen LogP contribution in [0.25, 0.3) is 22.3 Å². The lowest BCUT2D eigenvalue weighted by Crippen LogP contribution is -2.45. The molecule has 29 heavy (non-hydrogen) atoms. The van der Waals surface area contributed by atoms with E-state index in [2.05, 4.69) is 38.1 Å². The van der Waals surface area contributed by atoms with Crippen LogP contribution in [0.3, 0.4) is 0 Å². The lowest BCUT2D eigenvalue weighted by Gasteiger charge is -2.31. The van der Waals surface area contributed by atoms with Crippen LogP contribution in [0.2, 0.25) is 0 Å². The zero-order chi connectivity index (χ0) is 19.8. The van der Waals surface area contributed by atoms with Gasteiger partial charge in [-0.2, -0.15) is 9.97 Å². The summed E-state index contributed by atoms with van der Waals surface area (Å²) >= 11 is 0. The molecule has 0 saturated carbocycles. The van der Waals surface area contributed by atoms with Gasteiger partial charge in [0.2, 0.25) is 5.95 Å². The van der Waals surface area contributed by atoms with Crippen molar-refractivity contribution in [1.29, 1.82) is 0 Å². The Kier molecular flexibility index (Phi) is 4.73. The third-order valence-corrected chi connectivity index (χ3v) is 5.83. The fourth-order valence-electron chi connectivity index (χ4n) is 4.20. The van der Waals surface area contributed by atoms with E-state index < -0.39 is 0 Å². The molecule has 5 rings (SSSR count). The highest BCUT2D eigenvalue weighted by Gasteiger charge is 2.23. The van der Waals surface area contributed by atoms with Crippen LogP contribution in [0.4, 0.5) is 11.8 Å². The summed E-state index contributed by atoms with van der Waals surface area (Å²) < 4.78 is 2.14. The normalized spacial score (nSPS) is 17.8. The molecule has 3 N–H and O–H groups in total. The number of fused-ring (bicyclic) bond motifs is 1. The van der Waals surface area contributed by atoms with Crippen molar-refractivity contribution >= 4 is 22.8 Å². The quantitative estimate of drug-likeness (QED) is 0.616. The Bertz CT molecular complexity index is 1000. The molecule has 0 aliphatic carbocycles. The van der Waals surface area contributed by atoms with Gasteiger partial charge in [-0.15, -0.1) is 0 Å². The van der Waals surface area contributed by atoms with Crippen molar-refractivity contribution in [3.8, 4) is 17.0 Å². The molecule has 2 fully saturated rings. The molecule has 152 valence electrons. The van der Waals surface area contributed by atoms with Gasteiger partial charge in [0.05, 0.1) is 11.1 Å². The van der Waals surface area contributed by atoms with Crippen molar-refractivity contribution in [2.75, 3.05) is 62.2 Å². The minimum atomic E-state index is 0.273. The van der Waals surface area contributed by atoms with Crippen LogP contribution in [0.5, 0.6) is 5.75 Å². The number of aromatic nitrogens is 3. The minimum absolute atomic E-state index is 0.273. The number of anilines is 2. The Hall–Kier alpha value is -2.84. The fourth-order valence-corrected chi connectivity index (χ4v) is 4.20. The number of phenols is 1. The molecule has 4 heterocycles. The van der Waals surface area contributed by atoms with Crippen LogP contribution in [0.1, 0.15) is 0 Å². The van der Waals surface area contributed by atoms with Gasteiger partial charge in [0.25, 0.3) is 0 Å². The van der Waals surface area contributed by atoms with E-state index in [4.69, 9.17) is 9.97 Å². The molecule has 2 saturated heterocycles. The molecule has 2 aliphatic rings. The third-order valence-electron chi connectivity index (χ3n) is 5.83. The molecule has 0 bridgehead atoms. The first-order chi connectivity index (χ1) is 14.2. The number of hydrogen-bond donors (Lipinski definition) is 3. The summed E-state index contributed by atoms with van der Waals surface area (Å²) in [5.74, 6) is 2.10. The molecule has 8 heteroatoms. The summed E-state index contributed by atoms with van der Waals surface area (Å²) in [4.78, 5) is 14.7. The lowest BCUT2D eigenvalue weighted by atomic mass is 10.1. The number of nitrogens with one attached hydrogen (secondary N) is 2. The monoisotopic (exact) mass is 393 g/mol. The standard InChI is InChI=1S/C21H27N7O/c1-26-18(15-2-4-16(29)5-3-15)14-17-19(26)24-21(28-12-8-23-9-13-28)25-20(17)27-10-6-22-7-11-27/h2-5,14,22-23,29H,6-13H2,1H3. The highest BCUT2D eigenvalue weighted by molar-refractivity contribution is 5.94. The smallest absolute Gasteiger partial charge is 0.229 e. The topological polar surface area (TPSA) is 81.5 Å². The Morgan fingerprint density at radius 3 is 2.14 bits per heavy atom. The van der Waals surface area contributed by atoms with Crippen molar-refractivity contribution in [3.05, 3.63) is 30.3 Å². The van der Waals surface area contributed by atoms with Gasteiger partial charge in [-0.25, -0.2) is 0 Å². The van der Waals surface area contributed by atoms with Crippen LogP contribution in [0.15, 0.2) is 30.3 Å². The molecule has 0 atom stereocenters. The van der Waals surface area contributed by atoms with Crippen LogP contribution < -0.4 is 20.4 Å². The van der Waals surface area contributed by atoms with Gasteiger partial charge in [-0.1, -0.05) is 0 Å². The molecule has 2 aliphatic heterocycles. The lowest BCUT2D eigenvalue weighted by molar-refractivity contribution is 0.475. The summed E-state index contributed by atoms with van der Waals surface area (Å²) in [6.45, 7) is 7.56. The van der Waals surface area contributed by atoms with Crippen LogP contribution in [-0.4, -0.2) is 72.0 Å². The van der Waals surface area contributed by atoms with E-state index in [-0.39, 0.29) is 5.75 Å². The largest absolute Gasteiger partial charge is 0.508 e. The Morgan fingerprint density at radius 1 is 0.862 bits per heavy atom. The number of hydrogen-bond acceptors (Lipinski definition) is 7. The Balaban J connectivity index is 1.66. The van der Waals surface area contributed by atoms with Crippen molar-refractivity contribution in [2.24, 2.45) is 7.05 Å². The van der Waals surface area contributed by atoms with Gasteiger partial charge in [-0.3, -0.25) is 0 Å². The highest BCUT2D eigenvalue weighted by Crippen LogP contribution is 2.33. The maximum atomic E-state index is 9.66. The predicted octanol–water partition coefficient (Wildman–Crippen LogP) is 1.16. The SMILES string of the molecule is Cn1c(-c2ccc(O)cc2)cc2c(N3CCNCC3)nc(N3CCNCC3)nc21. The van der Waals surface area contributed by atoms with E-state index in [1.807, 2.05) is 12.1 Å². The molecule has 0 radical (unpaired) electrons. The number of benzene rings is 1. The summed E-state index contributed by atoms with van der Waals surface area (Å²) in [6, 6.07) is 9.52. The summed E-state index contributed by atoms with van der Waals surface area (Å²) in [5, 5.41) is 17.6. The second kappa shape index (κ2) is 7.53. The summed E-state index contributed by atoms with van der Waals surface area (Å²) in [5.41, 5.74) is 3.08. The van der Waals surface area contributed by atoms with E-state index in [0.717, 1.165) is 86.4 Å². The number of rotatable bonds is 3. The van der Waals surface area contributed by atoms with E-state index in [9.17, 15) is 5.11 Å². The highest BCUT2D eigenvalue weighted by atomic mass is 16.3. The van der Waals surface area contributed by atoms with Crippen LogP contribution in [-0.2, 0) is 7.05 Å². The second-order valence-electron chi connectivity index (χ2n) is 7.69. The average Bonchev–Trinajstić information content (AvgIpc) is 3.11. The zero-order valence-corrected chi connectivity index (χ0v) is 16.7. The third kappa shape index (κ3) is 3.38. The molecule has 0 spiro atoms. The van der Waals surface area contributed by atoms with Crippen molar-refractivity contribution in [2.45, 2.75) is 0 Å². The van der Waals surface area contributed by atoms with Gasteiger partial charge in [0.15, 0.2) is 0 Å². The first kappa shape index (κ1) is 18.2. The maximum Gasteiger partial charge on any atom is 0.229 e. The number of aryl methyl sites for hydroxylation is 1. The average molecular weight is 393 g/mol. The number of nitrogens with zero attached hydrogens (tertiary/aromatic N) is 5. The fraction of sp³-hybridized carbons (Fsp3) is 0.429. The first-order valence-electron chi connectivity index (χ1n) is 10.3. The molecule has 0 amide bonds. The predicted molar refractivity (Wildman–Crippen MR) is 116 cm³/mol. The van der Waals surface area contributed by atoms with Crippen molar-refractivity contribution < 1.29 is 5.11 Å². The molecule has 8 nitrogen and oxygen atoms in total. The summed E-state index contributed by atoms with van der Waals surface area (Å²) in [6.07, 6.45) is 0. The molecule has 2 aromatic heterocycles. The molecule has 3 aromatic rings. The number of aromatic hydroxyl groups is 1. The summed E-state index contributed by atoms with van der Waals surface area (Å²) in [7, 11) is 2.06. The van der Waals surface area contributed by atoms with Gasteiger partial charge in [0, 0.05) is 59.4 Å². The molecular formula is C21H27N7O. The van der Waals surface area contributed by atoms with Gasteiger partial charge >= 0.3 is 0 Å². The number of piperazine rings is 2. The zero-order valence-electron chi connectivity index (χ0n) is 16.7. The van der Waals surface area contributed by atoms with Crippen LogP contribution >= 0.6 is 0 Å². The van der Waals surface area contributed by atoms with Crippen LogP contribution in [0, 0.1) is 0 Å². The Labute approximate surface area is 170 Å². The molecule has 1 aromatic carbocycles. The molecule has 0 unspecified atom stereocenters. The van der Waals surface area contributed by atoms with Gasteiger partial charge in [0.1, 0.15) is 17.2 Å². The van der Waals surface area contributed by atoms with E-state index >= 15 is 0 Å². The Morgan fingerprint density at radius 2 is 1.48 bits per heavy atom. The minimum Gasteiger partial charge on any atom is -0.508 e. The maximum absolute atomic E-state index is 9.66. The number of phenolic OH excluding ortho intramolecular Hbond substituents is 1. The van der Waals surface area contributed by atoms with E-state index in [1.165, 1.54) is 0 Å².